The minimum absolute atomic E-state index is 0.438. The Bertz CT molecular complexity index is 681. The quantitative estimate of drug-likeness (QED) is 0.892. The van der Waals surface area contributed by atoms with Crippen molar-refractivity contribution in [1.82, 2.24) is 20.8 Å². The van der Waals surface area contributed by atoms with Crippen LogP contribution in [0.2, 0.25) is 0 Å². The molecular weight excluding hydrogens is 282 g/mol. The first kappa shape index (κ1) is 13.0. The number of rotatable bonds is 2. The Hall–Kier alpha value is -1.66. The molecular formula is C15H17N5S. The lowest BCUT2D eigenvalue weighted by molar-refractivity contribution is 0.453. The molecule has 2 aromatic heterocycles. The van der Waals surface area contributed by atoms with Crippen molar-refractivity contribution in [3.8, 4) is 0 Å². The van der Waals surface area contributed by atoms with Crippen molar-refractivity contribution in [2.24, 2.45) is 10.9 Å². The fraction of sp³-hybridized carbons (Fsp3) is 0.400. The number of hydrogen-bond donors (Lipinski definition) is 2. The Balaban J connectivity index is 1.53. The van der Waals surface area contributed by atoms with E-state index in [1.54, 1.807) is 18.0 Å². The van der Waals surface area contributed by atoms with Crippen LogP contribution in [-0.4, -0.2) is 20.5 Å². The maximum Gasteiger partial charge on any atom is 0.179 e. The van der Waals surface area contributed by atoms with Gasteiger partial charge >= 0.3 is 0 Å². The van der Waals surface area contributed by atoms with Gasteiger partial charge in [-0.05, 0) is 43.0 Å². The Kier molecular flexibility index (Phi) is 3.48. The molecule has 0 amide bonds. The molecule has 2 aliphatic rings. The average Bonchev–Trinajstić information content (AvgIpc) is 3.18. The highest BCUT2D eigenvalue weighted by molar-refractivity contribution is 8.14. The molecule has 2 aromatic rings. The van der Waals surface area contributed by atoms with Crippen LogP contribution in [0.3, 0.4) is 0 Å². The largest absolute Gasteiger partial charge is 0.299 e. The molecule has 108 valence electrons. The van der Waals surface area contributed by atoms with Gasteiger partial charge in [0.15, 0.2) is 11.0 Å². The molecule has 1 atom stereocenters. The highest BCUT2D eigenvalue weighted by Gasteiger charge is 2.30. The van der Waals surface area contributed by atoms with Crippen molar-refractivity contribution in [2.75, 3.05) is 0 Å². The van der Waals surface area contributed by atoms with Gasteiger partial charge in [0.1, 0.15) is 0 Å². The molecule has 2 N–H and O–H groups in total. The first-order valence-electron chi connectivity index (χ1n) is 7.37. The molecule has 1 saturated carbocycles. The predicted molar refractivity (Wildman–Crippen MR) is 86.2 cm³/mol. The van der Waals surface area contributed by atoms with Crippen LogP contribution < -0.4 is 10.9 Å². The van der Waals surface area contributed by atoms with E-state index in [1.807, 2.05) is 24.3 Å². The van der Waals surface area contributed by atoms with Gasteiger partial charge in [0.2, 0.25) is 0 Å². The van der Waals surface area contributed by atoms with Crippen LogP contribution in [0.5, 0.6) is 0 Å². The van der Waals surface area contributed by atoms with E-state index in [4.69, 9.17) is 0 Å². The molecule has 2 fully saturated rings. The van der Waals surface area contributed by atoms with Gasteiger partial charge < -0.3 is 0 Å². The van der Waals surface area contributed by atoms with E-state index in [-0.39, 0.29) is 0 Å². The molecule has 0 spiro atoms. The monoisotopic (exact) mass is 299 g/mol. The summed E-state index contributed by atoms with van der Waals surface area (Å²) in [5.74, 6) is 1.48. The minimum Gasteiger partial charge on any atom is -0.299 e. The average molecular weight is 299 g/mol. The minimum atomic E-state index is 0.438. The molecule has 0 aromatic carbocycles. The zero-order chi connectivity index (χ0) is 14.1. The predicted octanol–water partition coefficient (Wildman–Crippen LogP) is 2.97. The Morgan fingerprint density at radius 1 is 1.14 bits per heavy atom. The van der Waals surface area contributed by atoms with Gasteiger partial charge in [0, 0.05) is 6.20 Å². The molecule has 5 nitrogen and oxygen atoms in total. The highest BCUT2D eigenvalue weighted by Crippen LogP contribution is 2.34. The second-order valence-corrected chi connectivity index (χ2v) is 6.61. The van der Waals surface area contributed by atoms with Gasteiger partial charge in [-0.1, -0.05) is 24.6 Å². The van der Waals surface area contributed by atoms with Crippen molar-refractivity contribution in [2.45, 2.75) is 31.1 Å². The molecule has 1 aliphatic heterocycles. The second kappa shape index (κ2) is 5.61. The number of thioether (sulfide) groups is 1. The van der Waals surface area contributed by atoms with Crippen LogP contribution in [0.25, 0.3) is 11.0 Å². The van der Waals surface area contributed by atoms with Crippen molar-refractivity contribution >= 4 is 33.8 Å². The fourth-order valence-electron chi connectivity index (χ4n) is 2.95. The summed E-state index contributed by atoms with van der Waals surface area (Å²) < 4.78 is 0. The summed E-state index contributed by atoms with van der Waals surface area (Å²) in [7, 11) is 0. The fourth-order valence-corrected chi connectivity index (χ4v) is 4.04. The zero-order valence-corrected chi connectivity index (χ0v) is 12.4. The van der Waals surface area contributed by atoms with Crippen molar-refractivity contribution in [3.05, 3.63) is 30.5 Å². The summed E-state index contributed by atoms with van der Waals surface area (Å²) in [5.41, 5.74) is 8.31. The number of fused-ring (bicyclic) bond motifs is 1. The van der Waals surface area contributed by atoms with Crippen LogP contribution in [-0.2, 0) is 0 Å². The molecule has 4 rings (SSSR count). The van der Waals surface area contributed by atoms with E-state index in [2.05, 4.69) is 25.8 Å². The molecule has 1 aliphatic carbocycles. The van der Waals surface area contributed by atoms with E-state index in [0.717, 1.165) is 27.9 Å². The number of aliphatic imine (C=N–C) groups is 1. The summed E-state index contributed by atoms with van der Waals surface area (Å²) in [6.07, 6.45) is 7.13. The molecule has 0 bridgehead atoms. The molecule has 0 radical (unpaired) electrons. The molecule has 1 unspecified atom stereocenters. The van der Waals surface area contributed by atoms with Gasteiger partial charge in [0.25, 0.3) is 0 Å². The van der Waals surface area contributed by atoms with Gasteiger partial charge in [-0.2, -0.15) is 0 Å². The Labute approximate surface area is 127 Å². The smallest absolute Gasteiger partial charge is 0.179 e. The van der Waals surface area contributed by atoms with Crippen molar-refractivity contribution < 1.29 is 0 Å². The summed E-state index contributed by atoms with van der Waals surface area (Å²) in [5, 5.41) is 1.34. The van der Waals surface area contributed by atoms with Crippen LogP contribution in [0, 0.1) is 5.92 Å². The van der Waals surface area contributed by atoms with Crippen molar-refractivity contribution in [3.63, 3.8) is 0 Å². The number of nitrogens with zero attached hydrogens (tertiary/aromatic N) is 3. The maximum absolute atomic E-state index is 4.60. The lowest BCUT2D eigenvalue weighted by atomic mass is 10.1. The third-order valence-corrected chi connectivity index (χ3v) is 5.22. The highest BCUT2D eigenvalue weighted by atomic mass is 32.2. The first-order chi connectivity index (χ1) is 10.4. The topological polar surface area (TPSA) is 62.2 Å². The van der Waals surface area contributed by atoms with Gasteiger partial charge in [-0.3, -0.25) is 10.4 Å². The second-order valence-electron chi connectivity index (χ2n) is 5.48. The number of pyridine rings is 2. The Morgan fingerprint density at radius 2 is 2.05 bits per heavy atom. The normalized spacial score (nSPS) is 24.8. The third kappa shape index (κ3) is 2.73. The third-order valence-electron chi connectivity index (χ3n) is 4.05. The molecule has 21 heavy (non-hydrogen) atoms. The number of amidine groups is 1. The standard InChI is InChI=1S/C15H17N5S/c1-2-5-10(4-1)14-19-20-15(21-14)18-13-8-7-11-12(17-13)6-3-9-16-11/h3,6-10,14,19H,1-2,4-5H2,(H,17,18,20). The maximum atomic E-state index is 4.60. The first-order valence-corrected chi connectivity index (χ1v) is 8.25. The lowest BCUT2D eigenvalue weighted by Crippen LogP contribution is -2.34. The molecule has 6 heteroatoms. The van der Waals surface area contributed by atoms with Crippen LogP contribution in [0.4, 0.5) is 5.82 Å². The van der Waals surface area contributed by atoms with Crippen molar-refractivity contribution in [1.29, 1.82) is 0 Å². The van der Waals surface area contributed by atoms with Crippen LogP contribution >= 0.6 is 11.8 Å². The van der Waals surface area contributed by atoms with E-state index in [1.165, 1.54) is 25.7 Å². The molecule has 3 heterocycles. The van der Waals surface area contributed by atoms with E-state index in [9.17, 15) is 0 Å². The SMILES string of the molecule is c1cnc2ccc(N=C3NNC(C4CCCC4)S3)nc2c1. The molecule has 1 saturated heterocycles. The van der Waals surface area contributed by atoms with Gasteiger partial charge in [-0.25, -0.2) is 15.4 Å². The summed E-state index contributed by atoms with van der Waals surface area (Å²) in [6, 6.07) is 7.73. The number of aromatic nitrogens is 2. The summed E-state index contributed by atoms with van der Waals surface area (Å²) >= 11 is 1.78. The van der Waals surface area contributed by atoms with E-state index in [0.29, 0.717) is 5.37 Å². The van der Waals surface area contributed by atoms with Gasteiger partial charge in [0.05, 0.1) is 16.4 Å². The van der Waals surface area contributed by atoms with Gasteiger partial charge in [-0.15, -0.1) is 0 Å². The summed E-state index contributed by atoms with van der Waals surface area (Å²) in [6.45, 7) is 0. The number of hydrogen-bond acceptors (Lipinski definition) is 5. The van der Waals surface area contributed by atoms with E-state index < -0.39 is 0 Å². The van der Waals surface area contributed by atoms with Crippen LogP contribution in [0.1, 0.15) is 25.7 Å². The lowest BCUT2D eigenvalue weighted by Gasteiger charge is -2.14. The van der Waals surface area contributed by atoms with E-state index >= 15 is 0 Å². The number of hydrazine groups is 1. The Morgan fingerprint density at radius 3 is 2.95 bits per heavy atom. The summed E-state index contributed by atoms with van der Waals surface area (Å²) in [4.78, 5) is 13.4. The number of nitrogens with one attached hydrogen (secondary N) is 2. The van der Waals surface area contributed by atoms with Crippen LogP contribution in [0.15, 0.2) is 35.5 Å². The zero-order valence-electron chi connectivity index (χ0n) is 11.6.